The molecule has 0 N–H and O–H groups in total. The minimum atomic E-state index is -0.346. The van der Waals surface area contributed by atoms with Crippen molar-refractivity contribution in [3.05, 3.63) is 35.4 Å². The minimum absolute atomic E-state index is 0.00392. The van der Waals surface area contributed by atoms with E-state index >= 15 is 0 Å². The Bertz CT molecular complexity index is 469. The summed E-state index contributed by atoms with van der Waals surface area (Å²) >= 11 is 0. The number of carbonyl (C=O) groups excluding carboxylic acids is 1. The maximum absolute atomic E-state index is 11.8. The number of methoxy groups -OCH3 is 1. The number of ether oxygens (including phenoxy) is 4. The lowest BCUT2D eigenvalue weighted by Crippen LogP contribution is -2.26. The summed E-state index contributed by atoms with van der Waals surface area (Å²) in [6.07, 6.45) is -0.582. The first-order chi connectivity index (χ1) is 9.19. The third-order valence-corrected chi connectivity index (χ3v) is 3.40. The van der Waals surface area contributed by atoms with E-state index in [0.717, 1.165) is 5.56 Å². The molecule has 5 nitrogen and oxygen atoms in total. The second-order valence-electron chi connectivity index (χ2n) is 4.81. The van der Waals surface area contributed by atoms with E-state index in [1.165, 1.54) is 0 Å². The van der Waals surface area contributed by atoms with Crippen molar-refractivity contribution in [2.75, 3.05) is 13.7 Å². The molecule has 1 aromatic rings. The minimum Gasteiger partial charge on any atom is -0.459 e. The first-order valence-electron chi connectivity index (χ1n) is 6.26. The van der Waals surface area contributed by atoms with Crippen molar-refractivity contribution in [2.24, 2.45) is 0 Å². The molecule has 0 bridgehead atoms. The molecule has 2 aliphatic heterocycles. The van der Waals surface area contributed by atoms with Gasteiger partial charge in [-0.15, -0.1) is 0 Å². The zero-order valence-corrected chi connectivity index (χ0v) is 10.9. The number of aryl methyl sites for hydroxylation is 1. The molecule has 4 unspecified atom stereocenters. The molecule has 0 amide bonds. The SMILES string of the molecule is COC1OC(COC(=O)c2ccc(C)cc2)C2OC12. The molecule has 0 aliphatic carbocycles. The van der Waals surface area contributed by atoms with E-state index in [2.05, 4.69) is 0 Å². The molecule has 0 radical (unpaired) electrons. The van der Waals surface area contributed by atoms with Gasteiger partial charge in [0.05, 0.1) is 5.56 Å². The van der Waals surface area contributed by atoms with E-state index in [0.29, 0.717) is 5.56 Å². The van der Waals surface area contributed by atoms with E-state index in [1.54, 1.807) is 19.2 Å². The quantitative estimate of drug-likeness (QED) is 0.606. The summed E-state index contributed by atoms with van der Waals surface area (Å²) in [5.74, 6) is -0.346. The van der Waals surface area contributed by atoms with Gasteiger partial charge in [0.2, 0.25) is 0 Å². The number of fused-ring (bicyclic) bond motifs is 1. The second kappa shape index (κ2) is 4.92. The third-order valence-electron chi connectivity index (χ3n) is 3.40. The lowest BCUT2D eigenvalue weighted by Gasteiger charge is -2.16. The molecule has 2 fully saturated rings. The van der Waals surface area contributed by atoms with Crippen LogP contribution in [0.15, 0.2) is 24.3 Å². The Morgan fingerprint density at radius 1 is 1.21 bits per heavy atom. The summed E-state index contributed by atoms with van der Waals surface area (Å²) < 4.78 is 21.3. The van der Waals surface area contributed by atoms with Crippen molar-refractivity contribution in [1.82, 2.24) is 0 Å². The van der Waals surface area contributed by atoms with Crippen molar-refractivity contribution in [3.63, 3.8) is 0 Å². The number of esters is 1. The highest BCUT2D eigenvalue weighted by atomic mass is 16.8. The Labute approximate surface area is 111 Å². The topological polar surface area (TPSA) is 57.3 Å². The molecule has 19 heavy (non-hydrogen) atoms. The molecule has 2 heterocycles. The first-order valence-corrected chi connectivity index (χ1v) is 6.26. The number of hydrogen-bond donors (Lipinski definition) is 0. The van der Waals surface area contributed by atoms with Gasteiger partial charge in [-0.1, -0.05) is 17.7 Å². The van der Waals surface area contributed by atoms with E-state index in [4.69, 9.17) is 18.9 Å². The fourth-order valence-electron chi connectivity index (χ4n) is 2.24. The van der Waals surface area contributed by atoms with Gasteiger partial charge in [-0.25, -0.2) is 4.79 Å². The smallest absolute Gasteiger partial charge is 0.338 e. The Kier molecular flexibility index (Phi) is 3.26. The highest BCUT2D eigenvalue weighted by Crippen LogP contribution is 2.39. The molecule has 2 aliphatic rings. The van der Waals surface area contributed by atoms with E-state index in [9.17, 15) is 4.79 Å². The summed E-state index contributed by atoms with van der Waals surface area (Å²) in [5, 5.41) is 0. The van der Waals surface area contributed by atoms with Crippen LogP contribution in [0.3, 0.4) is 0 Å². The average molecular weight is 264 g/mol. The summed E-state index contributed by atoms with van der Waals surface area (Å²) in [6, 6.07) is 7.26. The van der Waals surface area contributed by atoms with Crippen LogP contribution in [0.25, 0.3) is 0 Å². The van der Waals surface area contributed by atoms with Gasteiger partial charge in [-0.3, -0.25) is 0 Å². The largest absolute Gasteiger partial charge is 0.459 e. The molecular weight excluding hydrogens is 248 g/mol. The Morgan fingerprint density at radius 2 is 1.95 bits per heavy atom. The van der Waals surface area contributed by atoms with Crippen LogP contribution in [0.5, 0.6) is 0 Å². The average Bonchev–Trinajstić information content (AvgIpc) is 3.14. The Hall–Kier alpha value is -1.43. The molecule has 102 valence electrons. The van der Waals surface area contributed by atoms with Gasteiger partial charge in [0.15, 0.2) is 6.29 Å². The first kappa shape index (κ1) is 12.6. The standard InChI is InChI=1S/C14H16O5/c1-8-3-5-9(6-4-8)13(15)17-7-10-11-12(19-11)14(16-2)18-10/h3-6,10-12,14H,7H2,1-2H3. The number of carbonyl (C=O) groups is 1. The van der Waals surface area contributed by atoms with Crippen LogP contribution in [0.1, 0.15) is 15.9 Å². The predicted octanol–water partition coefficient (Wildman–Crippen LogP) is 1.29. The lowest BCUT2D eigenvalue weighted by atomic mass is 10.1. The van der Waals surface area contributed by atoms with Crippen LogP contribution in [-0.2, 0) is 18.9 Å². The lowest BCUT2D eigenvalue weighted by molar-refractivity contribution is -0.166. The van der Waals surface area contributed by atoms with Crippen LogP contribution in [0, 0.1) is 6.92 Å². The maximum Gasteiger partial charge on any atom is 0.338 e. The molecule has 3 rings (SSSR count). The normalized spacial score (nSPS) is 31.9. The molecule has 5 heteroatoms. The van der Waals surface area contributed by atoms with E-state index < -0.39 is 0 Å². The van der Waals surface area contributed by atoms with E-state index in [-0.39, 0.29) is 37.2 Å². The number of epoxide rings is 1. The highest BCUT2D eigenvalue weighted by Gasteiger charge is 2.58. The molecule has 0 aromatic heterocycles. The summed E-state index contributed by atoms with van der Waals surface area (Å²) in [7, 11) is 1.57. The number of rotatable bonds is 4. The van der Waals surface area contributed by atoms with Crippen molar-refractivity contribution >= 4 is 5.97 Å². The Morgan fingerprint density at radius 3 is 2.58 bits per heavy atom. The zero-order valence-electron chi connectivity index (χ0n) is 10.9. The molecule has 2 saturated heterocycles. The summed E-state index contributed by atoms with van der Waals surface area (Å²) in [4.78, 5) is 11.8. The van der Waals surface area contributed by atoms with Crippen molar-refractivity contribution in [2.45, 2.75) is 31.5 Å². The van der Waals surface area contributed by atoms with Gasteiger partial charge < -0.3 is 18.9 Å². The van der Waals surface area contributed by atoms with Crippen molar-refractivity contribution in [1.29, 1.82) is 0 Å². The fourth-order valence-corrected chi connectivity index (χ4v) is 2.24. The summed E-state index contributed by atoms with van der Waals surface area (Å²) in [6.45, 7) is 2.16. The van der Waals surface area contributed by atoms with E-state index in [1.807, 2.05) is 19.1 Å². The van der Waals surface area contributed by atoms with Crippen LogP contribution in [0.4, 0.5) is 0 Å². The Balaban J connectivity index is 1.53. The van der Waals surface area contributed by atoms with Crippen LogP contribution < -0.4 is 0 Å². The van der Waals surface area contributed by atoms with Gasteiger partial charge >= 0.3 is 5.97 Å². The van der Waals surface area contributed by atoms with Crippen LogP contribution in [0.2, 0.25) is 0 Å². The highest BCUT2D eigenvalue weighted by molar-refractivity contribution is 5.89. The van der Waals surface area contributed by atoms with Crippen molar-refractivity contribution < 1.29 is 23.7 Å². The monoisotopic (exact) mass is 264 g/mol. The molecule has 0 spiro atoms. The zero-order chi connectivity index (χ0) is 13.4. The van der Waals surface area contributed by atoms with Gasteiger partial charge in [-0.2, -0.15) is 0 Å². The van der Waals surface area contributed by atoms with Gasteiger partial charge in [0.25, 0.3) is 0 Å². The molecule has 4 atom stereocenters. The molecule has 1 aromatic carbocycles. The molecular formula is C14H16O5. The number of benzene rings is 1. The maximum atomic E-state index is 11.8. The van der Waals surface area contributed by atoms with Gasteiger partial charge in [-0.05, 0) is 19.1 Å². The second-order valence-corrected chi connectivity index (χ2v) is 4.81. The predicted molar refractivity (Wildman–Crippen MR) is 65.8 cm³/mol. The fraction of sp³-hybridized carbons (Fsp3) is 0.500. The van der Waals surface area contributed by atoms with Gasteiger partial charge in [0.1, 0.15) is 24.9 Å². The summed E-state index contributed by atoms with van der Waals surface area (Å²) in [5.41, 5.74) is 1.65. The number of hydrogen-bond acceptors (Lipinski definition) is 5. The third kappa shape index (κ3) is 2.49. The molecule has 0 saturated carbocycles. The van der Waals surface area contributed by atoms with Crippen LogP contribution >= 0.6 is 0 Å². The van der Waals surface area contributed by atoms with Crippen molar-refractivity contribution in [3.8, 4) is 0 Å². The van der Waals surface area contributed by atoms with Crippen LogP contribution in [-0.4, -0.2) is 44.3 Å². The van der Waals surface area contributed by atoms with Gasteiger partial charge in [0, 0.05) is 7.11 Å².